The third-order valence-electron chi connectivity index (χ3n) is 4.90. The number of carbonyl (C=O) groups excluding carboxylic acids is 1. The Bertz CT molecular complexity index is 707. The molecule has 2 fully saturated rings. The van der Waals surface area contributed by atoms with Crippen molar-refractivity contribution >= 4 is 17.7 Å². The quantitative estimate of drug-likeness (QED) is 0.892. The number of hydrogen-bond acceptors (Lipinski definition) is 4. The molecule has 25 heavy (non-hydrogen) atoms. The van der Waals surface area contributed by atoms with Crippen LogP contribution in [0.4, 0.5) is 0 Å². The van der Waals surface area contributed by atoms with Gasteiger partial charge in [-0.15, -0.1) is 0 Å². The average Bonchev–Trinajstić information content (AvgIpc) is 3.49. The van der Waals surface area contributed by atoms with Crippen molar-refractivity contribution in [1.29, 1.82) is 0 Å². The van der Waals surface area contributed by atoms with Gasteiger partial charge in [0.2, 0.25) is 0 Å². The molecule has 1 saturated heterocycles. The second-order valence-corrected chi connectivity index (χ2v) is 7.90. The summed E-state index contributed by atoms with van der Waals surface area (Å²) in [5, 5.41) is 4.16. The lowest BCUT2D eigenvalue weighted by atomic mass is 10.0. The molecule has 0 bridgehead atoms. The van der Waals surface area contributed by atoms with Crippen molar-refractivity contribution in [3.8, 4) is 0 Å². The molecule has 1 aromatic heterocycles. The lowest BCUT2D eigenvalue weighted by Gasteiger charge is -2.32. The highest BCUT2D eigenvalue weighted by Gasteiger charge is 2.32. The van der Waals surface area contributed by atoms with Crippen LogP contribution >= 0.6 is 11.8 Å². The fourth-order valence-electron chi connectivity index (χ4n) is 3.32. The fraction of sp³-hybridized carbons (Fsp3) is 0.400. The molecule has 0 unspecified atom stereocenters. The van der Waals surface area contributed by atoms with Gasteiger partial charge in [0, 0.05) is 41.8 Å². The number of pyridine rings is 1. The van der Waals surface area contributed by atoms with Gasteiger partial charge in [-0.3, -0.25) is 4.79 Å². The predicted molar refractivity (Wildman–Crippen MR) is 99.9 cm³/mol. The first-order valence-electron chi connectivity index (χ1n) is 9.02. The van der Waals surface area contributed by atoms with E-state index in [0.717, 1.165) is 47.5 Å². The number of carbonyl (C=O) groups is 1. The van der Waals surface area contributed by atoms with Crippen LogP contribution in [0, 0.1) is 0 Å². The Hall–Kier alpha value is -1.85. The summed E-state index contributed by atoms with van der Waals surface area (Å²) < 4.78 is 0. The van der Waals surface area contributed by atoms with Gasteiger partial charge in [-0.25, -0.2) is 4.98 Å². The number of likely N-dealkylation sites (tertiary alicyclic amines) is 1. The van der Waals surface area contributed by atoms with E-state index in [2.05, 4.69) is 15.2 Å². The molecule has 1 amide bonds. The largest absolute Gasteiger partial charge is 0.349 e. The van der Waals surface area contributed by atoms with Crippen LogP contribution in [0.1, 0.15) is 36.0 Å². The molecule has 1 aliphatic heterocycles. The van der Waals surface area contributed by atoms with Crippen LogP contribution in [0.5, 0.6) is 0 Å². The molecule has 2 aliphatic rings. The van der Waals surface area contributed by atoms with Gasteiger partial charge < -0.3 is 10.2 Å². The van der Waals surface area contributed by atoms with Crippen molar-refractivity contribution in [3.05, 3.63) is 54.2 Å². The zero-order chi connectivity index (χ0) is 17.1. The lowest BCUT2D eigenvalue weighted by molar-refractivity contribution is 0.0909. The van der Waals surface area contributed by atoms with Crippen LogP contribution in [0.25, 0.3) is 0 Å². The molecule has 0 radical (unpaired) electrons. The number of rotatable bonds is 5. The highest BCUT2D eigenvalue weighted by Crippen LogP contribution is 2.29. The van der Waals surface area contributed by atoms with Crippen molar-refractivity contribution < 1.29 is 4.79 Å². The Morgan fingerprint density at radius 1 is 1.04 bits per heavy atom. The molecule has 1 N–H and O–H groups in total. The molecule has 130 valence electrons. The third-order valence-corrected chi connectivity index (χ3v) is 5.86. The van der Waals surface area contributed by atoms with E-state index in [1.54, 1.807) is 18.0 Å². The van der Waals surface area contributed by atoms with E-state index in [1.807, 2.05) is 42.5 Å². The van der Waals surface area contributed by atoms with Crippen LogP contribution in [0.15, 0.2) is 58.6 Å². The van der Waals surface area contributed by atoms with Gasteiger partial charge in [0.15, 0.2) is 0 Å². The van der Waals surface area contributed by atoms with Crippen LogP contribution in [-0.4, -0.2) is 41.0 Å². The molecule has 1 aliphatic carbocycles. The summed E-state index contributed by atoms with van der Waals surface area (Å²) in [6.45, 7) is 2.24. The molecule has 2 aromatic rings. The summed E-state index contributed by atoms with van der Waals surface area (Å²) in [4.78, 5) is 20.4. The van der Waals surface area contributed by atoms with Gasteiger partial charge in [-0.1, -0.05) is 17.8 Å². The maximum Gasteiger partial charge on any atom is 0.251 e. The van der Waals surface area contributed by atoms with Crippen LogP contribution in [0.2, 0.25) is 0 Å². The average molecular weight is 353 g/mol. The highest BCUT2D eigenvalue weighted by atomic mass is 32.2. The predicted octanol–water partition coefficient (Wildman–Crippen LogP) is 3.59. The number of piperidine rings is 1. The van der Waals surface area contributed by atoms with E-state index in [4.69, 9.17) is 0 Å². The molecule has 1 aromatic carbocycles. The van der Waals surface area contributed by atoms with Crippen molar-refractivity contribution in [1.82, 2.24) is 15.2 Å². The van der Waals surface area contributed by atoms with Gasteiger partial charge in [-0.05, 0) is 62.1 Å². The van der Waals surface area contributed by atoms with Crippen molar-refractivity contribution in [2.75, 3.05) is 13.1 Å². The standard InChI is InChI=1S/C20H23N3OS/c24-20(22-16-10-13-23(14-11-16)17-6-7-17)15-4-8-18(9-5-15)25-19-3-1-2-12-21-19/h1-5,8-9,12,16-17H,6-7,10-11,13-14H2,(H,22,24). The summed E-state index contributed by atoms with van der Waals surface area (Å²) in [5.74, 6) is 0.0410. The minimum atomic E-state index is 0.0410. The van der Waals surface area contributed by atoms with Crippen LogP contribution in [-0.2, 0) is 0 Å². The maximum absolute atomic E-state index is 12.5. The van der Waals surface area contributed by atoms with E-state index >= 15 is 0 Å². The molecular weight excluding hydrogens is 330 g/mol. The summed E-state index contributed by atoms with van der Waals surface area (Å²) in [5.41, 5.74) is 0.731. The van der Waals surface area contributed by atoms with Gasteiger partial charge in [-0.2, -0.15) is 0 Å². The SMILES string of the molecule is O=C(NC1CCN(C2CC2)CC1)c1ccc(Sc2ccccn2)cc1. The van der Waals surface area contributed by atoms with E-state index in [-0.39, 0.29) is 5.91 Å². The lowest BCUT2D eigenvalue weighted by Crippen LogP contribution is -2.45. The zero-order valence-electron chi connectivity index (χ0n) is 14.2. The normalized spacial score (nSPS) is 18.9. The fourth-order valence-corrected chi connectivity index (χ4v) is 4.09. The summed E-state index contributed by atoms with van der Waals surface area (Å²) >= 11 is 1.60. The van der Waals surface area contributed by atoms with Crippen LogP contribution in [0.3, 0.4) is 0 Å². The van der Waals surface area contributed by atoms with Crippen LogP contribution < -0.4 is 5.32 Å². The first kappa shape index (κ1) is 16.6. The minimum Gasteiger partial charge on any atom is -0.349 e. The van der Waals surface area contributed by atoms with E-state index in [9.17, 15) is 4.79 Å². The maximum atomic E-state index is 12.5. The Kier molecular flexibility index (Phi) is 5.04. The molecule has 0 spiro atoms. The van der Waals surface area contributed by atoms with Crippen molar-refractivity contribution in [3.63, 3.8) is 0 Å². The first-order valence-corrected chi connectivity index (χ1v) is 9.83. The molecule has 4 rings (SSSR count). The Morgan fingerprint density at radius 2 is 1.80 bits per heavy atom. The number of amides is 1. The Balaban J connectivity index is 1.30. The molecular formula is C20H23N3OS. The molecule has 0 atom stereocenters. The van der Waals surface area contributed by atoms with Gasteiger partial charge in [0.05, 0.1) is 0 Å². The van der Waals surface area contributed by atoms with Crippen molar-refractivity contribution in [2.24, 2.45) is 0 Å². The Morgan fingerprint density at radius 3 is 2.44 bits per heavy atom. The topological polar surface area (TPSA) is 45.2 Å². The smallest absolute Gasteiger partial charge is 0.251 e. The number of aromatic nitrogens is 1. The summed E-state index contributed by atoms with van der Waals surface area (Å²) in [7, 11) is 0. The molecule has 5 heteroatoms. The monoisotopic (exact) mass is 353 g/mol. The van der Waals surface area contributed by atoms with Crippen molar-refractivity contribution in [2.45, 2.75) is 47.7 Å². The Labute approximate surface area is 153 Å². The van der Waals surface area contributed by atoms with E-state index in [0.29, 0.717) is 6.04 Å². The highest BCUT2D eigenvalue weighted by molar-refractivity contribution is 7.99. The zero-order valence-corrected chi connectivity index (χ0v) is 15.0. The summed E-state index contributed by atoms with van der Waals surface area (Å²) in [6, 6.07) is 14.8. The van der Waals surface area contributed by atoms with Gasteiger partial charge in [0.25, 0.3) is 5.91 Å². The minimum absolute atomic E-state index is 0.0410. The molecule has 1 saturated carbocycles. The number of benzene rings is 1. The second-order valence-electron chi connectivity index (χ2n) is 6.81. The van der Waals surface area contributed by atoms with E-state index in [1.165, 1.54) is 12.8 Å². The molecule has 4 nitrogen and oxygen atoms in total. The number of hydrogen-bond donors (Lipinski definition) is 1. The number of nitrogens with zero attached hydrogens (tertiary/aromatic N) is 2. The van der Waals surface area contributed by atoms with Gasteiger partial charge >= 0.3 is 0 Å². The summed E-state index contributed by atoms with van der Waals surface area (Å²) in [6.07, 6.45) is 6.64. The van der Waals surface area contributed by atoms with Gasteiger partial charge in [0.1, 0.15) is 5.03 Å². The molecule has 2 heterocycles. The first-order chi connectivity index (χ1) is 12.3. The third kappa shape index (κ3) is 4.41. The number of nitrogens with one attached hydrogen (secondary N) is 1. The van der Waals surface area contributed by atoms with E-state index < -0.39 is 0 Å². The second kappa shape index (κ2) is 7.58.